The lowest BCUT2D eigenvalue weighted by Crippen LogP contribution is -2.35. The Kier molecular flexibility index (Phi) is 4.97. The fraction of sp³-hybridized carbons (Fsp3) is 0.571. The summed E-state index contributed by atoms with van der Waals surface area (Å²) in [5.74, 6) is 0.673. The molecule has 0 bridgehead atoms. The summed E-state index contributed by atoms with van der Waals surface area (Å²) in [6, 6.07) is 5.27. The van der Waals surface area contributed by atoms with Crippen molar-refractivity contribution in [2.24, 2.45) is 5.92 Å². The SMILES string of the molecule is COc1ccc(Br)cc1S(=O)(=O)N1CC(C)C(N(C)C)C1. The van der Waals surface area contributed by atoms with Crippen molar-refractivity contribution in [3.63, 3.8) is 0 Å². The summed E-state index contributed by atoms with van der Waals surface area (Å²) in [4.78, 5) is 2.30. The molecule has 1 heterocycles. The molecule has 1 fully saturated rings. The highest BCUT2D eigenvalue weighted by Gasteiger charge is 2.39. The minimum Gasteiger partial charge on any atom is -0.495 e. The van der Waals surface area contributed by atoms with Crippen LogP contribution in [-0.4, -0.2) is 58.0 Å². The lowest BCUT2D eigenvalue weighted by molar-refractivity contribution is 0.263. The molecule has 5 nitrogen and oxygen atoms in total. The van der Waals surface area contributed by atoms with Crippen molar-refractivity contribution in [3.05, 3.63) is 22.7 Å². The van der Waals surface area contributed by atoms with Crippen molar-refractivity contribution in [2.75, 3.05) is 34.3 Å². The van der Waals surface area contributed by atoms with Crippen molar-refractivity contribution >= 4 is 26.0 Å². The number of nitrogens with zero attached hydrogens (tertiary/aromatic N) is 2. The van der Waals surface area contributed by atoms with Gasteiger partial charge in [0.2, 0.25) is 10.0 Å². The van der Waals surface area contributed by atoms with E-state index in [0.29, 0.717) is 24.8 Å². The van der Waals surface area contributed by atoms with Crippen LogP contribution in [0.5, 0.6) is 5.75 Å². The third-order valence-corrected chi connectivity index (χ3v) is 6.29. The number of ether oxygens (including phenoxy) is 1. The maximum Gasteiger partial charge on any atom is 0.246 e. The van der Waals surface area contributed by atoms with E-state index in [4.69, 9.17) is 4.74 Å². The molecule has 1 aromatic rings. The minimum atomic E-state index is -3.55. The van der Waals surface area contributed by atoms with Gasteiger partial charge < -0.3 is 9.64 Å². The molecule has 118 valence electrons. The normalized spacial score (nSPS) is 23.7. The summed E-state index contributed by atoms with van der Waals surface area (Å²) >= 11 is 3.33. The molecule has 0 N–H and O–H groups in total. The molecule has 0 radical (unpaired) electrons. The van der Waals surface area contributed by atoms with Crippen LogP contribution in [-0.2, 0) is 10.0 Å². The molecular weight excluding hydrogens is 356 g/mol. The first-order valence-corrected chi connectivity index (χ1v) is 9.00. The molecule has 2 atom stereocenters. The quantitative estimate of drug-likeness (QED) is 0.806. The van der Waals surface area contributed by atoms with Crippen molar-refractivity contribution in [1.82, 2.24) is 9.21 Å². The van der Waals surface area contributed by atoms with Crippen LogP contribution < -0.4 is 4.74 Å². The molecule has 2 unspecified atom stereocenters. The second kappa shape index (κ2) is 6.24. The average Bonchev–Trinajstić information content (AvgIpc) is 2.81. The number of hydrogen-bond donors (Lipinski definition) is 0. The third-order valence-electron chi connectivity index (χ3n) is 3.95. The van der Waals surface area contributed by atoms with Gasteiger partial charge in [0.25, 0.3) is 0 Å². The summed E-state index contributed by atoms with van der Waals surface area (Å²) < 4.78 is 33.3. The van der Waals surface area contributed by atoms with Crippen LogP contribution in [0.1, 0.15) is 6.92 Å². The first kappa shape index (κ1) is 16.7. The van der Waals surface area contributed by atoms with E-state index in [1.165, 1.54) is 7.11 Å². The van der Waals surface area contributed by atoms with Gasteiger partial charge in [0, 0.05) is 23.6 Å². The summed E-state index contributed by atoms with van der Waals surface area (Å²) in [5.41, 5.74) is 0. The van der Waals surface area contributed by atoms with Gasteiger partial charge in [0.15, 0.2) is 0 Å². The van der Waals surface area contributed by atoms with E-state index in [1.807, 2.05) is 14.1 Å². The van der Waals surface area contributed by atoms with Gasteiger partial charge in [0.1, 0.15) is 10.6 Å². The van der Waals surface area contributed by atoms with Crippen LogP contribution in [0.2, 0.25) is 0 Å². The molecule has 1 aromatic carbocycles. The molecular formula is C14H21BrN2O3S. The zero-order valence-electron chi connectivity index (χ0n) is 12.7. The summed E-state index contributed by atoms with van der Waals surface area (Å²) in [6.07, 6.45) is 0. The van der Waals surface area contributed by atoms with Gasteiger partial charge in [-0.05, 0) is 38.2 Å². The smallest absolute Gasteiger partial charge is 0.246 e. The Bertz CT molecular complexity index is 619. The number of likely N-dealkylation sites (N-methyl/N-ethyl adjacent to an activating group) is 1. The zero-order valence-corrected chi connectivity index (χ0v) is 15.1. The van der Waals surface area contributed by atoms with Crippen LogP contribution in [0, 0.1) is 5.92 Å². The van der Waals surface area contributed by atoms with Crippen LogP contribution in [0.4, 0.5) is 0 Å². The molecule has 0 aliphatic carbocycles. The van der Waals surface area contributed by atoms with Gasteiger partial charge in [-0.1, -0.05) is 22.9 Å². The lowest BCUT2D eigenvalue weighted by Gasteiger charge is -2.22. The van der Waals surface area contributed by atoms with E-state index >= 15 is 0 Å². The van der Waals surface area contributed by atoms with Crippen LogP contribution in [0.3, 0.4) is 0 Å². The number of benzene rings is 1. The second-order valence-corrected chi connectivity index (χ2v) is 8.45. The zero-order chi connectivity index (χ0) is 15.8. The topological polar surface area (TPSA) is 49.9 Å². The third kappa shape index (κ3) is 3.26. The van der Waals surface area contributed by atoms with Crippen molar-refractivity contribution in [2.45, 2.75) is 17.9 Å². The van der Waals surface area contributed by atoms with Crippen molar-refractivity contribution < 1.29 is 13.2 Å². The summed E-state index contributed by atoms with van der Waals surface area (Å²) in [5, 5.41) is 0. The highest BCUT2D eigenvalue weighted by Crippen LogP contribution is 2.33. The fourth-order valence-corrected chi connectivity index (χ4v) is 5.02. The van der Waals surface area contributed by atoms with E-state index in [0.717, 1.165) is 4.47 Å². The van der Waals surface area contributed by atoms with Crippen LogP contribution >= 0.6 is 15.9 Å². The predicted molar refractivity (Wildman–Crippen MR) is 86.1 cm³/mol. The minimum absolute atomic E-state index is 0.214. The molecule has 1 saturated heterocycles. The average molecular weight is 377 g/mol. The van der Waals surface area contributed by atoms with E-state index in [-0.39, 0.29) is 10.9 Å². The molecule has 0 amide bonds. The monoisotopic (exact) mass is 376 g/mol. The Balaban J connectivity index is 2.38. The standard InChI is InChI=1S/C14H21BrN2O3S/c1-10-8-17(9-12(10)16(2)3)21(18,19)14-7-11(15)5-6-13(14)20-4/h5-7,10,12H,8-9H2,1-4H3. The van der Waals surface area contributed by atoms with Crippen LogP contribution in [0.25, 0.3) is 0 Å². The molecule has 21 heavy (non-hydrogen) atoms. The maximum absolute atomic E-state index is 12.9. The van der Waals surface area contributed by atoms with Gasteiger partial charge in [-0.15, -0.1) is 0 Å². The molecule has 2 rings (SSSR count). The fourth-order valence-electron chi connectivity index (χ4n) is 2.77. The number of rotatable bonds is 4. The Morgan fingerprint density at radius 2 is 2.00 bits per heavy atom. The Morgan fingerprint density at radius 1 is 1.33 bits per heavy atom. The first-order valence-electron chi connectivity index (χ1n) is 6.77. The highest BCUT2D eigenvalue weighted by molar-refractivity contribution is 9.10. The van der Waals surface area contributed by atoms with Gasteiger partial charge in [-0.2, -0.15) is 4.31 Å². The van der Waals surface area contributed by atoms with E-state index < -0.39 is 10.0 Å². The Labute approximate surface area is 135 Å². The Hall–Kier alpha value is -0.630. The molecule has 1 aliphatic heterocycles. The summed E-state index contributed by atoms with van der Waals surface area (Å²) in [6.45, 7) is 3.12. The van der Waals surface area contributed by atoms with Gasteiger partial charge in [-0.25, -0.2) is 8.42 Å². The van der Waals surface area contributed by atoms with Gasteiger partial charge >= 0.3 is 0 Å². The largest absolute Gasteiger partial charge is 0.495 e. The number of hydrogen-bond acceptors (Lipinski definition) is 4. The number of methoxy groups -OCH3 is 1. The number of halogens is 1. The molecule has 0 spiro atoms. The van der Waals surface area contributed by atoms with Crippen LogP contribution in [0.15, 0.2) is 27.6 Å². The summed E-state index contributed by atoms with van der Waals surface area (Å²) in [7, 11) is 1.90. The Morgan fingerprint density at radius 3 is 2.52 bits per heavy atom. The highest BCUT2D eigenvalue weighted by atomic mass is 79.9. The molecule has 7 heteroatoms. The second-order valence-electron chi connectivity index (χ2n) is 5.63. The molecule has 0 aromatic heterocycles. The molecule has 0 saturated carbocycles. The van der Waals surface area contributed by atoms with E-state index in [2.05, 4.69) is 27.8 Å². The first-order chi connectivity index (χ1) is 9.77. The predicted octanol–water partition coefficient (Wildman–Crippen LogP) is 2.03. The van der Waals surface area contributed by atoms with Crippen molar-refractivity contribution in [3.8, 4) is 5.75 Å². The van der Waals surface area contributed by atoms with Gasteiger partial charge in [0.05, 0.1) is 7.11 Å². The lowest BCUT2D eigenvalue weighted by atomic mass is 10.1. The maximum atomic E-state index is 12.9. The molecule has 1 aliphatic rings. The van der Waals surface area contributed by atoms with Gasteiger partial charge in [-0.3, -0.25) is 0 Å². The van der Waals surface area contributed by atoms with E-state index in [1.54, 1.807) is 22.5 Å². The van der Waals surface area contributed by atoms with E-state index in [9.17, 15) is 8.42 Å². The number of sulfonamides is 1. The van der Waals surface area contributed by atoms with Crippen molar-refractivity contribution in [1.29, 1.82) is 0 Å².